The Labute approximate surface area is 134 Å². The van der Waals surface area contributed by atoms with Crippen LogP contribution in [0.15, 0.2) is 46.9 Å². The van der Waals surface area contributed by atoms with Crippen LogP contribution in [-0.2, 0) is 0 Å². The first-order valence-corrected chi connectivity index (χ1v) is 7.09. The topological polar surface area (TPSA) is 67.1 Å². The summed E-state index contributed by atoms with van der Waals surface area (Å²) in [4.78, 5) is 12.1. The molecule has 2 amide bonds. The van der Waals surface area contributed by atoms with Crippen LogP contribution in [0, 0.1) is 5.82 Å². The van der Waals surface area contributed by atoms with Gasteiger partial charge in [0, 0.05) is 15.7 Å². The van der Waals surface area contributed by atoms with Gasteiger partial charge in [-0.2, -0.15) is 0 Å². The van der Waals surface area contributed by atoms with Gasteiger partial charge in [0.15, 0.2) is 0 Å². The van der Waals surface area contributed by atoms with E-state index in [0.29, 0.717) is 16.9 Å². The molecule has 0 aromatic heterocycles. The number of rotatable bonds is 3. The maximum atomic E-state index is 13.0. The van der Waals surface area contributed by atoms with Crippen molar-refractivity contribution >= 4 is 50.5 Å². The van der Waals surface area contributed by atoms with Crippen molar-refractivity contribution in [2.45, 2.75) is 0 Å². The number of thiocarbonyl (C=S) groups is 1. The highest BCUT2D eigenvalue weighted by Crippen LogP contribution is 2.21. The molecule has 4 N–H and O–H groups in total. The van der Waals surface area contributed by atoms with Gasteiger partial charge >= 0.3 is 6.03 Å². The predicted molar refractivity (Wildman–Crippen MR) is 89.1 cm³/mol. The number of carbonyl (C=O) groups is 1. The van der Waals surface area contributed by atoms with Gasteiger partial charge in [0.1, 0.15) is 10.8 Å². The van der Waals surface area contributed by atoms with Crippen LogP contribution < -0.4 is 16.4 Å². The van der Waals surface area contributed by atoms with Crippen molar-refractivity contribution in [3.63, 3.8) is 0 Å². The zero-order valence-electron chi connectivity index (χ0n) is 10.7. The second-order valence-corrected chi connectivity index (χ2v) is 5.50. The number of amides is 2. The van der Waals surface area contributed by atoms with E-state index < -0.39 is 11.8 Å². The third-order valence-electron chi connectivity index (χ3n) is 2.58. The number of hydrogen-bond acceptors (Lipinski definition) is 2. The first kappa shape index (κ1) is 15.4. The highest BCUT2D eigenvalue weighted by atomic mass is 79.9. The second kappa shape index (κ2) is 6.64. The Kier molecular flexibility index (Phi) is 4.87. The van der Waals surface area contributed by atoms with E-state index in [1.807, 2.05) is 0 Å². The molecular formula is C14H11BrFN3OS. The van der Waals surface area contributed by atoms with Gasteiger partial charge in [0.2, 0.25) is 0 Å². The molecule has 7 heteroatoms. The fraction of sp³-hybridized carbons (Fsp3) is 0. The van der Waals surface area contributed by atoms with Crippen molar-refractivity contribution in [1.82, 2.24) is 0 Å². The maximum absolute atomic E-state index is 13.0. The summed E-state index contributed by atoms with van der Waals surface area (Å²) < 4.78 is 13.8. The van der Waals surface area contributed by atoms with Gasteiger partial charge in [-0.1, -0.05) is 34.2 Å². The van der Waals surface area contributed by atoms with Gasteiger partial charge in [0.05, 0.1) is 5.69 Å². The van der Waals surface area contributed by atoms with E-state index in [9.17, 15) is 9.18 Å². The lowest BCUT2D eigenvalue weighted by atomic mass is 10.2. The Morgan fingerprint density at radius 2 is 1.95 bits per heavy atom. The molecule has 0 heterocycles. The van der Waals surface area contributed by atoms with E-state index in [1.54, 1.807) is 24.3 Å². The molecule has 2 aromatic carbocycles. The molecular weight excluding hydrogens is 357 g/mol. The highest BCUT2D eigenvalue weighted by Gasteiger charge is 2.10. The zero-order chi connectivity index (χ0) is 15.4. The average molecular weight is 368 g/mol. The minimum Gasteiger partial charge on any atom is -0.389 e. The monoisotopic (exact) mass is 367 g/mol. The lowest BCUT2D eigenvalue weighted by Gasteiger charge is -2.11. The van der Waals surface area contributed by atoms with Gasteiger partial charge in [0.25, 0.3) is 0 Å². The van der Waals surface area contributed by atoms with E-state index in [0.717, 1.165) is 4.47 Å². The molecule has 108 valence electrons. The average Bonchev–Trinajstić information content (AvgIpc) is 2.40. The summed E-state index contributed by atoms with van der Waals surface area (Å²) in [5.74, 6) is -0.430. The largest absolute Gasteiger partial charge is 0.389 e. The summed E-state index contributed by atoms with van der Waals surface area (Å²) in [7, 11) is 0. The minimum atomic E-state index is -0.513. The Balaban J connectivity index is 2.15. The number of nitrogens with two attached hydrogens (primary N) is 1. The summed E-state index contributed by atoms with van der Waals surface area (Å²) in [6.45, 7) is 0. The van der Waals surface area contributed by atoms with E-state index >= 15 is 0 Å². The summed E-state index contributed by atoms with van der Waals surface area (Å²) in [6, 6.07) is 10.2. The Morgan fingerprint density at radius 1 is 1.19 bits per heavy atom. The van der Waals surface area contributed by atoms with Crippen LogP contribution in [0.5, 0.6) is 0 Å². The molecule has 0 atom stereocenters. The highest BCUT2D eigenvalue weighted by molar-refractivity contribution is 9.10. The standard InChI is InChI=1S/C14H11BrFN3OS/c15-8-4-5-12(11(6-8)13(17)21)19-14(20)18-10-3-1-2-9(16)7-10/h1-7H,(H2,17,21)(H2,18,19,20). The third-order valence-corrected chi connectivity index (χ3v) is 3.29. The molecule has 0 saturated heterocycles. The van der Waals surface area contributed by atoms with Crippen LogP contribution >= 0.6 is 28.1 Å². The summed E-state index contributed by atoms with van der Waals surface area (Å²) in [5, 5.41) is 5.15. The fourth-order valence-corrected chi connectivity index (χ4v) is 2.21. The van der Waals surface area contributed by atoms with Gasteiger partial charge < -0.3 is 16.4 Å². The fourth-order valence-electron chi connectivity index (χ4n) is 1.68. The molecule has 2 aromatic rings. The zero-order valence-corrected chi connectivity index (χ0v) is 13.1. The predicted octanol–water partition coefficient (Wildman–Crippen LogP) is 3.87. The number of benzene rings is 2. The molecule has 0 spiro atoms. The van der Waals surface area contributed by atoms with E-state index in [2.05, 4.69) is 26.6 Å². The maximum Gasteiger partial charge on any atom is 0.323 e. The molecule has 0 aliphatic rings. The smallest absolute Gasteiger partial charge is 0.323 e. The second-order valence-electron chi connectivity index (χ2n) is 4.14. The van der Waals surface area contributed by atoms with Crippen LogP contribution in [0.1, 0.15) is 5.56 Å². The van der Waals surface area contributed by atoms with Crippen molar-refractivity contribution in [2.24, 2.45) is 5.73 Å². The molecule has 21 heavy (non-hydrogen) atoms. The third kappa shape index (κ3) is 4.24. The van der Waals surface area contributed by atoms with E-state index in [1.165, 1.54) is 18.2 Å². The molecule has 0 fully saturated rings. The number of urea groups is 1. The van der Waals surface area contributed by atoms with Gasteiger partial charge in [-0.25, -0.2) is 9.18 Å². The molecule has 0 radical (unpaired) electrons. The molecule has 0 saturated carbocycles. The Morgan fingerprint density at radius 3 is 2.62 bits per heavy atom. The quantitative estimate of drug-likeness (QED) is 0.721. The van der Waals surface area contributed by atoms with Crippen LogP contribution in [0.2, 0.25) is 0 Å². The first-order valence-electron chi connectivity index (χ1n) is 5.88. The number of hydrogen-bond donors (Lipinski definition) is 3. The van der Waals surface area contributed by atoms with E-state index in [-0.39, 0.29) is 4.99 Å². The van der Waals surface area contributed by atoms with Gasteiger partial charge in [-0.3, -0.25) is 0 Å². The van der Waals surface area contributed by atoms with E-state index in [4.69, 9.17) is 18.0 Å². The lowest BCUT2D eigenvalue weighted by Crippen LogP contribution is -2.22. The number of nitrogens with one attached hydrogen (secondary N) is 2. The van der Waals surface area contributed by atoms with Crippen molar-refractivity contribution in [3.8, 4) is 0 Å². The Bertz CT molecular complexity index is 708. The van der Waals surface area contributed by atoms with Crippen molar-refractivity contribution in [3.05, 3.63) is 58.3 Å². The summed E-state index contributed by atoms with van der Waals surface area (Å²) in [6.07, 6.45) is 0. The van der Waals surface area contributed by atoms with Crippen molar-refractivity contribution in [1.29, 1.82) is 0 Å². The SMILES string of the molecule is NC(=S)c1cc(Br)ccc1NC(=O)Nc1cccc(F)c1. The van der Waals surface area contributed by atoms with Gasteiger partial charge in [-0.05, 0) is 36.4 Å². The van der Waals surface area contributed by atoms with Gasteiger partial charge in [-0.15, -0.1) is 0 Å². The Hall–Kier alpha value is -1.99. The van der Waals surface area contributed by atoms with Crippen LogP contribution in [0.25, 0.3) is 0 Å². The molecule has 0 aliphatic heterocycles. The molecule has 0 bridgehead atoms. The summed E-state index contributed by atoms with van der Waals surface area (Å²) >= 11 is 8.25. The molecule has 2 rings (SSSR count). The lowest BCUT2D eigenvalue weighted by molar-refractivity contribution is 0.262. The summed E-state index contributed by atoms with van der Waals surface area (Å²) in [5.41, 5.74) is 6.98. The van der Waals surface area contributed by atoms with Crippen LogP contribution in [-0.4, -0.2) is 11.0 Å². The number of anilines is 2. The van der Waals surface area contributed by atoms with Crippen molar-refractivity contribution < 1.29 is 9.18 Å². The molecule has 4 nitrogen and oxygen atoms in total. The number of halogens is 2. The normalized spacial score (nSPS) is 10.0. The first-order chi connectivity index (χ1) is 9.95. The number of carbonyl (C=O) groups excluding carboxylic acids is 1. The molecule has 0 aliphatic carbocycles. The van der Waals surface area contributed by atoms with Crippen molar-refractivity contribution in [2.75, 3.05) is 10.6 Å². The van der Waals surface area contributed by atoms with Crippen LogP contribution in [0.4, 0.5) is 20.6 Å². The molecule has 0 unspecified atom stereocenters. The van der Waals surface area contributed by atoms with Crippen LogP contribution in [0.3, 0.4) is 0 Å². The minimum absolute atomic E-state index is 0.164.